The molecule has 154 valence electrons. The van der Waals surface area contributed by atoms with Gasteiger partial charge in [-0.15, -0.1) is 0 Å². The highest BCUT2D eigenvalue weighted by molar-refractivity contribution is 7.98. The largest absolute Gasteiger partial charge is 0.504 e. The van der Waals surface area contributed by atoms with Crippen molar-refractivity contribution in [2.24, 2.45) is 0 Å². The van der Waals surface area contributed by atoms with Gasteiger partial charge in [0.05, 0.1) is 12.7 Å². The van der Waals surface area contributed by atoms with Gasteiger partial charge in [-0.3, -0.25) is 9.59 Å². The molecule has 1 aliphatic rings. The average molecular weight is 427 g/mol. The summed E-state index contributed by atoms with van der Waals surface area (Å²) >= 11 is 1.28. The van der Waals surface area contributed by atoms with Crippen LogP contribution in [0.3, 0.4) is 0 Å². The average Bonchev–Trinajstić information content (AvgIpc) is 2.73. The van der Waals surface area contributed by atoms with Crippen LogP contribution in [0.25, 0.3) is 0 Å². The van der Waals surface area contributed by atoms with Crippen LogP contribution in [-0.2, 0) is 10.5 Å². The number of thioether (sulfide) groups is 1. The first-order valence-corrected chi connectivity index (χ1v) is 10.1. The summed E-state index contributed by atoms with van der Waals surface area (Å²) in [5.74, 6) is -0.161. The highest BCUT2D eigenvalue weighted by Crippen LogP contribution is 2.38. The number of nitrogens with one attached hydrogen (secondary N) is 2. The molecule has 7 nitrogen and oxygen atoms in total. The van der Waals surface area contributed by atoms with Crippen molar-refractivity contribution in [3.8, 4) is 11.5 Å². The molecule has 1 aliphatic heterocycles. The Morgan fingerprint density at radius 3 is 2.73 bits per heavy atom. The second-order valence-corrected chi connectivity index (χ2v) is 7.75. The number of phenolic OH excluding ortho intramolecular Hbond substituents is 1. The number of ether oxygens (including phenoxy) is 1. The fraction of sp³-hybridized carbons (Fsp3) is 0.190. The standard InChI is InChI=1S/C21H18FN3O4S/c1-29-16-8-12(4-7-15(16)26)14-9-17(27)23-19-18(14)20(28)25-21(24-19)30-10-11-2-5-13(22)6-3-11/h2-8,14,26H,9-10H2,1H3,(H2,23,24,25,27,28). The van der Waals surface area contributed by atoms with Crippen molar-refractivity contribution in [2.45, 2.75) is 23.2 Å². The third-order valence-corrected chi connectivity index (χ3v) is 5.77. The smallest absolute Gasteiger partial charge is 0.257 e. The van der Waals surface area contributed by atoms with Crippen LogP contribution in [0, 0.1) is 5.82 Å². The third-order valence-electron chi connectivity index (χ3n) is 4.82. The Balaban J connectivity index is 1.66. The summed E-state index contributed by atoms with van der Waals surface area (Å²) in [5, 5.41) is 12.9. The molecule has 3 N–H and O–H groups in total. The maximum atomic E-state index is 13.0. The van der Waals surface area contributed by atoms with E-state index in [2.05, 4.69) is 15.3 Å². The molecule has 0 bridgehead atoms. The molecule has 2 heterocycles. The number of hydrogen-bond acceptors (Lipinski definition) is 6. The molecule has 1 atom stereocenters. The number of nitrogens with zero attached hydrogens (tertiary/aromatic N) is 1. The number of amides is 1. The van der Waals surface area contributed by atoms with E-state index in [4.69, 9.17) is 4.74 Å². The van der Waals surface area contributed by atoms with Crippen LogP contribution >= 0.6 is 11.8 Å². The molecular formula is C21H18FN3O4S. The number of aromatic nitrogens is 2. The monoisotopic (exact) mass is 427 g/mol. The summed E-state index contributed by atoms with van der Waals surface area (Å²) in [4.78, 5) is 32.3. The van der Waals surface area contributed by atoms with Crippen LogP contribution in [0.5, 0.6) is 11.5 Å². The Hall–Kier alpha value is -3.33. The van der Waals surface area contributed by atoms with Crippen LogP contribution in [0.15, 0.2) is 52.4 Å². The zero-order valence-corrected chi connectivity index (χ0v) is 16.8. The summed E-state index contributed by atoms with van der Waals surface area (Å²) in [6.07, 6.45) is 0.0771. The van der Waals surface area contributed by atoms with Gasteiger partial charge in [-0.2, -0.15) is 0 Å². The molecule has 9 heteroatoms. The van der Waals surface area contributed by atoms with Crippen molar-refractivity contribution < 1.29 is 19.0 Å². The minimum atomic E-state index is -0.518. The number of benzene rings is 2. The Morgan fingerprint density at radius 1 is 1.23 bits per heavy atom. The molecule has 4 rings (SSSR count). The van der Waals surface area contributed by atoms with Crippen LogP contribution in [0.4, 0.5) is 10.2 Å². The van der Waals surface area contributed by atoms with Crippen LogP contribution in [-0.4, -0.2) is 28.1 Å². The first kappa shape index (κ1) is 20.0. The number of anilines is 1. The Bertz CT molecular complexity index is 1160. The number of aromatic amines is 1. The molecule has 0 saturated heterocycles. The molecule has 0 spiro atoms. The first-order valence-electron chi connectivity index (χ1n) is 9.13. The van der Waals surface area contributed by atoms with Gasteiger partial charge in [0.2, 0.25) is 5.91 Å². The van der Waals surface area contributed by atoms with Gasteiger partial charge in [-0.25, -0.2) is 9.37 Å². The maximum Gasteiger partial charge on any atom is 0.257 e. The Morgan fingerprint density at radius 2 is 2.00 bits per heavy atom. The molecule has 1 amide bonds. The fourth-order valence-corrected chi connectivity index (χ4v) is 4.16. The molecule has 0 aliphatic carbocycles. The maximum absolute atomic E-state index is 13.0. The van der Waals surface area contributed by atoms with E-state index in [1.807, 2.05) is 0 Å². The van der Waals surface area contributed by atoms with Crippen molar-refractivity contribution in [3.63, 3.8) is 0 Å². The molecule has 0 radical (unpaired) electrons. The van der Waals surface area contributed by atoms with Gasteiger partial charge in [-0.1, -0.05) is 30.0 Å². The molecule has 0 fully saturated rings. The van der Waals surface area contributed by atoms with E-state index in [-0.39, 0.29) is 41.0 Å². The van der Waals surface area contributed by atoms with E-state index in [9.17, 15) is 19.1 Å². The van der Waals surface area contributed by atoms with Gasteiger partial charge in [0.25, 0.3) is 5.56 Å². The summed E-state index contributed by atoms with van der Waals surface area (Å²) in [7, 11) is 1.43. The fourth-order valence-electron chi connectivity index (χ4n) is 3.35. The third kappa shape index (κ3) is 4.02. The lowest BCUT2D eigenvalue weighted by Crippen LogP contribution is -2.31. The van der Waals surface area contributed by atoms with Gasteiger partial charge < -0.3 is 20.1 Å². The molecule has 2 aromatic carbocycles. The quantitative estimate of drug-likeness (QED) is 0.426. The number of methoxy groups -OCH3 is 1. The normalized spacial score (nSPS) is 15.4. The second-order valence-electron chi connectivity index (χ2n) is 6.78. The van der Waals surface area contributed by atoms with Gasteiger partial charge >= 0.3 is 0 Å². The van der Waals surface area contributed by atoms with Crippen molar-refractivity contribution in [1.82, 2.24) is 9.97 Å². The molecule has 1 aromatic heterocycles. The molecule has 1 unspecified atom stereocenters. The molecule has 3 aromatic rings. The topological polar surface area (TPSA) is 104 Å². The Kier molecular flexibility index (Phi) is 5.45. The predicted molar refractivity (Wildman–Crippen MR) is 111 cm³/mol. The lowest BCUT2D eigenvalue weighted by Gasteiger charge is -2.25. The van der Waals surface area contributed by atoms with E-state index in [1.165, 1.54) is 37.1 Å². The SMILES string of the molecule is COc1cc(C2CC(=O)Nc3nc(SCc4ccc(F)cc4)[nH]c(=O)c32)ccc1O. The van der Waals surface area contributed by atoms with Crippen LogP contribution in [0.2, 0.25) is 0 Å². The second kappa shape index (κ2) is 8.19. The van der Waals surface area contributed by atoms with Crippen molar-refractivity contribution >= 4 is 23.5 Å². The number of halogens is 1. The zero-order chi connectivity index (χ0) is 21.3. The summed E-state index contributed by atoms with van der Waals surface area (Å²) in [6.45, 7) is 0. The van der Waals surface area contributed by atoms with E-state index >= 15 is 0 Å². The van der Waals surface area contributed by atoms with Crippen LogP contribution in [0.1, 0.15) is 29.0 Å². The Labute approximate surface area is 175 Å². The molecular weight excluding hydrogens is 409 g/mol. The molecule has 0 saturated carbocycles. The number of hydrogen-bond donors (Lipinski definition) is 3. The van der Waals surface area contributed by atoms with E-state index in [1.54, 1.807) is 24.3 Å². The van der Waals surface area contributed by atoms with Gasteiger partial charge in [-0.05, 0) is 35.4 Å². The number of carbonyl (C=O) groups excluding carboxylic acids is 1. The minimum absolute atomic E-state index is 0.0266. The zero-order valence-electron chi connectivity index (χ0n) is 15.9. The number of H-pyrrole nitrogens is 1. The first-order chi connectivity index (χ1) is 14.4. The van der Waals surface area contributed by atoms with Gasteiger partial charge in [0.1, 0.15) is 11.6 Å². The lowest BCUT2D eigenvalue weighted by molar-refractivity contribution is -0.116. The van der Waals surface area contributed by atoms with E-state index < -0.39 is 5.92 Å². The van der Waals surface area contributed by atoms with Crippen LogP contribution < -0.4 is 15.6 Å². The number of aromatic hydroxyl groups is 1. The minimum Gasteiger partial charge on any atom is -0.504 e. The van der Waals surface area contributed by atoms with Crippen molar-refractivity contribution in [3.05, 3.63) is 75.3 Å². The number of rotatable bonds is 5. The summed E-state index contributed by atoms with van der Waals surface area (Å²) in [5.41, 5.74) is 1.55. The van der Waals surface area contributed by atoms with E-state index in [0.29, 0.717) is 22.0 Å². The number of fused-ring (bicyclic) bond motifs is 1. The number of carbonyl (C=O) groups is 1. The van der Waals surface area contributed by atoms with E-state index in [0.717, 1.165) is 5.56 Å². The van der Waals surface area contributed by atoms with Crippen molar-refractivity contribution in [1.29, 1.82) is 0 Å². The summed E-state index contributed by atoms with van der Waals surface area (Å²) < 4.78 is 18.2. The highest BCUT2D eigenvalue weighted by atomic mass is 32.2. The lowest BCUT2D eigenvalue weighted by atomic mass is 9.86. The highest BCUT2D eigenvalue weighted by Gasteiger charge is 2.31. The number of phenols is 1. The molecule has 30 heavy (non-hydrogen) atoms. The summed E-state index contributed by atoms with van der Waals surface area (Å²) in [6, 6.07) is 10.8. The van der Waals surface area contributed by atoms with Crippen molar-refractivity contribution in [2.75, 3.05) is 12.4 Å². The van der Waals surface area contributed by atoms with Gasteiger partial charge in [0, 0.05) is 18.1 Å². The predicted octanol–water partition coefficient (Wildman–Crippen LogP) is 3.39. The van der Waals surface area contributed by atoms with Gasteiger partial charge in [0.15, 0.2) is 16.7 Å².